The fourth-order valence-electron chi connectivity index (χ4n) is 3.68. The van der Waals surface area contributed by atoms with E-state index in [-0.39, 0.29) is 12.0 Å². The van der Waals surface area contributed by atoms with Gasteiger partial charge in [-0.2, -0.15) is 0 Å². The number of nitrogens with one attached hydrogen (secondary N) is 1. The molecule has 0 spiro atoms. The Balaban J connectivity index is 1.32. The van der Waals surface area contributed by atoms with E-state index in [2.05, 4.69) is 27.1 Å². The molecule has 1 aromatic heterocycles. The Morgan fingerprint density at radius 1 is 1.10 bits per heavy atom. The highest BCUT2D eigenvalue weighted by molar-refractivity contribution is 5.82. The first-order chi connectivity index (χ1) is 14.1. The Bertz CT molecular complexity index is 842. The zero-order chi connectivity index (χ0) is 20.2. The van der Waals surface area contributed by atoms with Gasteiger partial charge in [0.05, 0.1) is 0 Å². The number of hydrogen-bond donors (Lipinski definition) is 1. The number of ether oxygens (including phenoxy) is 2. The maximum Gasteiger partial charge on any atom is 0.265 e. The summed E-state index contributed by atoms with van der Waals surface area (Å²) >= 11 is 0. The zero-order valence-electron chi connectivity index (χ0n) is 17.0. The van der Waals surface area contributed by atoms with Crippen LogP contribution in [0.5, 0.6) is 11.5 Å². The molecule has 0 aliphatic carbocycles. The molecule has 0 unspecified atom stereocenters. The van der Waals surface area contributed by atoms with Crippen LogP contribution in [0.25, 0.3) is 0 Å². The van der Waals surface area contributed by atoms with Gasteiger partial charge in [0.1, 0.15) is 11.9 Å². The average molecular weight is 396 g/mol. The molecular weight excluding hydrogens is 368 g/mol. The molecule has 3 heterocycles. The van der Waals surface area contributed by atoms with Gasteiger partial charge in [-0.25, -0.2) is 4.98 Å². The molecule has 2 aliphatic heterocycles. The number of para-hydroxylation sites is 2. The van der Waals surface area contributed by atoms with E-state index in [1.807, 2.05) is 49.5 Å². The third-order valence-corrected chi connectivity index (χ3v) is 5.42. The molecule has 2 aromatic rings. The average Bonchev–Trinajstić information content (AvgIpc) is 2.96. The normalized spacial score (nSPS) is 22.1. The number of carbonyl (C=O) groups is 1. The first-order valence-corrected chi connectivity index (χ1v) is 10.2. The van der Waals surface area contributed by atoms with Crippen molar-refractivity contribution in [1.82, 2.24) is 15.2 Å². The molecule has 1 amide bonds. The summed E-state index contributed by atoms with van der Waals surface area (Å²) in [4.78, 5) is 21.9. The largest absolute Gasteiger partial charge is 0.482 e. The van der Waals surface area contributed by atoms with Gasteiger partial charge >= 0.3 is 0 Å². The monoisotopic (exact) mass is 396 g/mol. The van der Waals surface area contributed by atoms with Gasteiger partial charge in [-0.3, -0.25) is 4.79 Å². The number of amides is 1. The van der Waals surface area contributed by atoms with Crippen LogP contribution in [0.15, 0.2) is 42.6 Å². The Labute approximate surface area is 171 Å². The lowest BCUT2D eigenvalue weighted by atomic mass is 10.1. The lowest BCUT2D eigenvalue weighted by Crippen LogP contribution is -2.48. The first kappa shape index (κ1) is 19.5. The van der Waals surface area contributed by atoms with Crippen molar-refractivity contribution in [2.75, 3.05) is 38.1 Å². The summed E-state index contributed by atoms with van der Waals surface area (Å²) < 4.78 is 11.7. The minimum Gasteiger partial charge on any atom is -0.482 e. The number of benzene rings is 1. The number of hydrogen-bond acceptors (Lipinski definition) is 6. The summed E-state index contributed by atoms with van der Waals surface area (Å²) in [5, 5.41) is 2.94. The van der Waals surface area contributed by atoms with Crippen LogP contribution in [0, 0.1) is 0 Å². The number of fused-ring (bicyclic) bond motifs is 1. The Morgan fingerprint density at radius 2 is 1.90 bits per heavy atom. The van der Waals surface area contributed by atoms with Crippen LogP contribution in [0.3, 0.4) is 0 Å². The quantitative estimate of drug-likeness (QED) is 0.854. The molecule has 0 bridgehead atoms. The zero-order valence-corrected chi connectivity index (χ0v) is 17.0. The minimum atomic E-state index is -0.675. The standard InChI is InChI=1S/C22H28N4O3/c1-16-21(29-19-7-4-3-6-18(19)28-16)22(27)24-15-17-8-9-20(23-14-17)26-11-5-10-25(2)12-13-26/h3-4,6-9,14,16,21H,5,10-13,15H2,1-2H3,(H,24,27)/t16-,21-/m0/s1. The second kappa shape index (κ2) is 8.69. The smallest absolute Gasteiger partial charge is 0.265 e. The van der Waals surface area contributed by atoms with Crippen molar-refractivity contribution in [3.63, 3.8) is 0 Å². The topological polar surface area (TPSA) is 66.9 Å². The van der Waals surface area contributed by atoms with Gasteiger partial charge in [0, 0.05) is 32.4 Å². The van der Waals surface area contributed by atoms with E-state index < -0.39 is 6.10 Å². The van der Waals surface area contributed by atoms with Gasteiger partial charge in [0.25, 0.3) is 5.91 Å². The lowest BCUT2D eigenvalue weighted by Gasteiger charge is -2.31. The summed E-state index contributed by atoms with van der Waals surface area (Å²) in [5.74, 6) is 2.07. The summed E-state index contributed by atoms with van der Waals surface area (Å²) in [7, 11) is 2.16. The van der Waals surface area contributed by atoms with Crippen molar-refractivity contribution in [2.24, 2.45) is 0 Å². The Morgan fingerprint density at radius 3 is 2.66 bits per heavy atom. The van der Waals surface area contributed by atoms with Crippen molar-refractivity contribution in [3.8, 4) is 11.5 Å². The number of pyridine rings is 1. The molecule has 2 aliphatic rings. The van der Waals surface area contributed by atoms with Crippen LogP contribution in [-0.2, 0) is 11.3 Å². The van der Waals surface area contributed by atoms with Crippen LogP contribution in [0.2, 0.25) is 0 Å². The maximum absolute atomic E-state index is 12.6. The molecule has 1 saturated heterocycles. The lowest BCUT2D eigenvalue weighted by molar-refractivity contribution is -0.133. The third-order valence-electron chi connectivity index (χ3n) is 5.42. The Hall–Kier alpha value is -2.80. The predicted octanol–water partition coefficient (Wildman–Crippen LogP) is 2.07. The fraction of sp³-hybridized carbons (Fsp3) is 0.455. The van der Waals surface area contributed by atoms with Gasteiger partial charge < -0.3 is 24.6 Å². The number of rotatable bonds is 4. The first-order valence-electron chi connectivity index (χ1n) is 10.2. The molecule has 1 N–H and O–H groups in total. The molecule has 7 heteroatoms. The number of aromatic nitrogens is 1. The van der Waals surface area contributed by atoms with E-state index in [4.69, 9.17) is 9.47 Å². The Kier molecular flexibility index (Phi) is 5.85. The van der Waals surface area contributed by atoms with E-state index >= 15 is 0 Å². The van der Waals surface area contributed by atoms with Gasteiger partial charge in [-0.1, -0.05) is 18.2 Å². The molecule has 7 nitrogen and oxygen atoms in total. The third kappa shape index (κ3) is 4.62. The second-order valence-electron chi connectivity index (χ2n) is 7.69. The van der Waals surface area contributed by atoms with Crippen LogP contribution in [0.4, 0.5) is 5.82 Å². The number of carbonyl (C=O) groups excluding carboxylic acids is 1. The minimum absolute atomic E-state index is 0.188. The van der Waals surface area contributed by atoms with Crippen molar-refractivity contribution in [2.45, 2.75) is 32.1 Å². The molecular formula is C22H28N4O3. The molecule has 154 valence electrons. The fourth-order valence-corrected chi connectivity index (χ4v) is 3.68. The summed E-state index contributed by atoms with van der Waals surface area (Å²) in [5.41, 5.74) is 0.957. The maximum atomic E-state index is 12.6. The molecule has 4 rings (SSSR count). The molecule has 0 radical (unpaired) electrons. The number of anilines is 1. The van der Waals surface area contributed by atoms with Crippen molar-refractivity contribution >= 4 is 11.7 Å². The highest BCUT2D eigenvalue weighted by Crippen LogP contribution is 2.33. The van der Waals surface area contributed by atoms with Gasteiger partial charge in [0.2, 0.25) is 6.10 Å². The molecule has 2 atom stereocenters. The summed E-state index contributed by atoms with van der Waals surface area (Å²) in [6, 6.07) is 11.5. The molecule has 0 saturated carbocycles. The molecule has 1 aromatic carbocycles. The SMILES string of the molecule is C[C@@H]1Oc2ccccc2O[C@@H]1C(=O)NCc1ccc(N2CCCN(C)CC2)nc1. The van der Waals surface area contributed by atoms with Crippen LogP contribution in [0.1, 0.15) is 18.9 Å². The molecule has 29 heavy (non-hydrogen) atoms. The van der Waals surface area contributed by atoms with Crippen LogP contribution >= 0.6 is 0 Å². The second-order valence-corrected chi connectivity index (χ2v) is 7.69. The van der Waals surface area contributed by atoms with Crippen LogP contribution < -0.4 is 19.7 Å². The predicted molar refractivity (Wildman–Crippen MR) is 111 cm³/mol. The highest BCUT2D eigenvalue weighted by atomic mass is 16.6. The summed E-state index contributed by atoms with van der Waals surface area (Å²) in [6.07, 6.45) is 1.94. The van der Waals surface area contributed by atoms with Crippen molar-refractivity contribution < 1.29 is 14.3 Å². The van der Waals surface area contributed by atoms with Crippen molar-refractivity contribution in [3.05, 3.63) is 48.2 Å². The van der Waals surface area contributed by atoms with Gasteiger partial charge in [-0.05, 0) is 50.7 Å². The van der Waals surface area contributed by atoms with E-state index in [9.17, 15) is 4.79 Å². The summed E-state index contributed by atoms with van der Waals surface area (Å²) in [6.45, 7) is 6.42. The van der Waals surface area contributed by atoms with E-state index in [0.717, 1.165) is 44.0 Å². The number of likely N-dealkylation sites (N-methyl/N-ethyl adjacent to an activating group) is 1. The highest BCUT2D eigenvalue weighted by Gasteiger charge is 2.33. The van der Waals surface area contributed by atoms with E-state index in [0.29, 0.717) is 18.0 Å². The van der Waals surface area contributed by atoms with Gasteiger partial charge in [-0.15, -0.1) is 0 Å². The van der Waals surface area contributed by atoms with E-state index in [1.54, 1.807) is 0 Å². The number of nitrogens with zero attached hydrogens (tertiary/aromatic N) is 3. The molecule has 1 fully saturated rings. The van der Waals surface area contributed by atoms with Crippen LogP contribution in [-0.4, -0.2) is 61.2 Å². The van der Waals surface area contributed by atoms with E-state index in [1.165, 1.54) is 0 Å². The van der Waals surface area contributed by atoms with Gasteiger partial charge in [0.15, 0.2) is 11.5 Å². The van der Waals surface area contributed by atoms with Crippen molar-refractivity contribution in [1.29, 1.82) is 0 Å².